The molecule has 0 bridgehead atoms. The molecule has 0 heterocycles. The molecule has 0 amide bonds. The first-order valence-electron chi connectivity index (χ1n) is 10.5. The average molecular weight is 392 g/mol. The van der Waals surface area contributed by atoms with Crippen LogP contribution in [-0.4, -0.2) is 52.0 Å². The van der Waals surface area contributed by atoms with Gasteiger partial charge in [-0.2, -0.15) is 0 Å². The Labute approximate surface area is 153 Å². The van der Waals surface area contributed by atoms with Crippen LogP contribution in [-0.2, 0) is 0 Å². The van der Waals surface area contributed by atoms with Gasteiger partial charge in [-0.05, 0) is 18.1 Å². The van der Waals surface area contributed by atoms with Crippen LogP contribution in [0.3, 0.4) is 0 Å². The summed E-state index contributed by atoms with van der Waals surface area (Å²) in [5.74, 6) is 0. The Morgan fingerprint density at radius 2 is 1.09 bits per heavy atom. The maximum Gasteiger partial charge on any atom is 0.114 e. The summed E-state index contributed by atoms with van der Waals surface area (Å²) in [5, 5.41) is 0. The van der Waals surface area contributed by atoms with E-state index in [1.165, 1.54) is 59.0 Å². The lowest BCUT2D eigenvalue weighted by Gasteiger charge is -2.44. The third-order valence-electron chi connectivity index (χ3n) is 5.22. The molecule has 0 aromatic rings. The molecule has 0 atom stereocenters. The predicted molar refractivity (Wildman–Crippen MR) is 123 cm³/mol. The van der Waals surface area contributed by atoms with Crippen molar-refractivity contribution >= 4 is 48.1 Å². The molecule has 0 aliphatic heterocycles. The molecular formula is C16H45NSi5. The standard InChI is InChI=1S/C16H45NSi5/c1-4-7-14-22(15-8-5-2,16-9-6-3)17(20-12-10-18)21-13-11-19/h4-16,20-21H2,1-3,18-19H3. The maximum atomic E-state index is 3.39. The second-order valence-corrected chi connectivity index (χ2v) is 19.8. The fraction of sp³-hybridized carbons (Fsp3) is 1.00. The van der Waals surface area contributed by atoms with E-state index in [0.717, 1.165) is 0 Å². The van der Waals surface area contributed by atoms with E-state index in [-0.39, 0.29) is 19.4 Å². The van der Waals surface area contributed by atoms with Gasteiger partial charge in [0.25, 0.3) is 0 Å². The summed E-state index contributed by atoms with van der Waals surface area (Å²) < 4.78 is 3.39. The molecule has 0 fully saturated rings. The summed E-state index contributed by atoms with van der Waals surface area (Å²) >= 11 is 0. The molecule has 0 saturated carbocycles. The van der Waals surface area contributed by atoms with Gasteiger partial charge in [0.2, 0.25) is 0 Å². The minimum atomic E-state index is -1.07. The highest BCUT2D eigenvalue weighted by Crippen LogP contribution is 2.31. The molecule has 6 heteroatoms. The normalized spacial score (nSPS) is 13.6. The van der Waals surface area contributed by atoms with Gasteiger partial charge in [0.15, 0.2) is 0 Å². The summed E-state index contributed by atoms with van der Waals surface area (Å²) in [5.41, 5.74) is 0. The first-order valence-corrected chi connectivity index (χ1v) is 19.1. The molecule has 0 aromatic heterocycles. The van der Waals surface area contributed by atoms with Crippen molar-refractivity contribution in [3.05, 3.63) is 0 Å². The minimum Gasteiger partial charge on any atom is -0.378 e. The quantitative estimate of drug-likeness (QED) is 0.365. The van der Waals surface area contributed by atoms with Gasteiger partial charge < -0.3 is 3.90 Å². The minimum absolute atomic E-state index is 0.124. The van der Waals surface area contributed by atoms with Gasteiger partial charge in [0.05, 0.1) is 19.4 Å². The number of nitrogens with zero attached hydrogens (tertiary/aromatic N) is 1. The zero-order chi connectivity index (χ0) is 16.7. The molecule has 0 aromatic carbocycles. The molecule has 0 unspecified atom stereocenters. The molecule has 0 N–H and O–H groups in total. The summed E-state index contributed by atoms with van der Waals surface area (Å²) in [6.45, 7) is 7.23. The van der Waals surface area contributed by atoms with Crippen LogP contribution in [0.4, 0.5) is 0 Å². The zero-order valence-corrected chi connectivity index (χ0v) is 24.4. The highest BCUT2D eigenvalue weighted by Gasteiger charge is 2.36. The van der Waals surface area contributed by atoms with Crippen LogP contribution >= 0.6 is 0 Å². The van der Waals surface area contributed by atoms with Gasteiger partial charge in [-0.1, -0.05) is 83.5 Å². The van der Waals surface area contributed by atoms with Crippen LogP contribution in [0.25, 0.3) is 0 Å². The van der Waals surface area contributed by atoms with Crippen LogP contribution < -0.4 is 0 Å². The molecule has 0 saturated heterocycles. The predicted octanol–water partition coefficient (Wildman–Crippen LogP) is 2.21. The Bertz CT molecular complexity index is 211. The Kier molecular flexibility index (Phi) is 16.3. The molecule has 0 spiro atoms. The van der Waals surface area contributed by atoms with Crippen molar-refractivity contribution in [1.82, 2.24) is 3.90 Å². The van der Waals surface area contributed by atoms with Gasteiger partial charge in [0.1, 0.15) is 8.24 Å². The number of hydrogen-bond donors (Lipinski definition) is 0. The largest absolute Gasteiger partial charge is 0.378 e. The third kappa shape index (κ3) is 9.37. The number of unbranched alkanes of at least 4 members (excludes halogenated alkanes) is 3. The molecular weight excluding hydrogens is 347 g/mol. The fourth-order valence-corrected chi connectivity index (χ4v) is 21.5. The second-order valence-electron chi connectivity index (χ2n) is 7.23. The summed E-state index contributed by atoms with van der Waals surface area (Å²) in [6, 6.07) is 11.4. The van der Waals surface area contributed by atoms with E-state index in [1.54, 1.807) is 42.3 Å². The Morgan fingerprint density at radius 3 is 1.36 bits per heavy atom. The topological polar surface area (TPSA) is 3.24 Å². The number of hydrogen-bond acceptors (Lipinski definition) is 1. The van der Waals surface area contributed by atoms with E-state index in [0.29, 0.717) is 0 Å². The summed E-state index contributed by atoms with van der Waals surface area (Å²) in [6.07, 6.45) is 8.85. The van der Waals surface area contributed by atoms with E-state index in [4.69, 9.17) is 0 Å². The van der Waals surface area contributed by atoms with Gasteiger partial charge in [-0.3, -0.25) is 0 Å². The van der Waals surface area contributed by atoms with Crippen molar-refractivity contribution in [2.75, 3.05) is 0 Å². The smallest absolute Gasteiger partial charge is 0.114 e. The molecule has 1 nitrogen and oxygen atoms in total. The lowest BCUT2D eigenvalue weighted by molar-refractivity contribution is 0.741. The highest BCUT2D eigenvalue weighted by atomic mass is 28.4. The molecule has 22 heavy (non-hydrogen) atoms. The van der Waals surface area contributed by atoms with Crippen molar-refractivity contribution < 1.29 is 0 Å². The van der Waals surface area contributed by atoms with Gasteiger partial charge >= 0.3 is 0 Å². The summed E-state index contributed by atoms with van der Waals surface area (Å²) in [4.78, 5) is 0. The first kappa shape index (κ1) is 23.0. The van der Waals surface area contributed by atoms with E-state index < -0.39 is 8.24 Å². The molecule has 134 valence electrons. The molecule has 0 aliphatic carbocycles. The molecule has 0 aliphatic rings. The third-order valence-corrected chi connectivity index (χ3v) is 25.0. The van der Waals surface area contributed by atoms with E-state index in [2.05, 4.69) is 24.7 Å². The zero-order valence-electron chi connectivity index (χ0n) is 16.6. The Balaban J connectivity index is 5.13. The van der Waals surface area contributed by atoms with E-state index in [1.807, 2.05) is 0 Å². The monoisotopic (exact) mass is 391 g/mol. The second kappa shape index (κ2) is 15.6. The lowest BCUT2D eigenvalue weighted by Crippen LogP contribution is -2.56. The van der Waals surface area contributed by atoms with Crippen LogP contribution in [0, 0.1) is 0 Å². The Hall–Kier alpha value is 1.04. The molecule has 0 rings (SSSR count). The highest BCUT2D eigenvalue weighted by molar-refractivity contribution is 6.88. The lowest BCUT2D eigenvalue weighted by atomic mass is 10.4. The van der Waals surface area contributed by atoms with Gasteiger partial charge in [0, 0.05) is 20.5 Å². The van der Waals surface area contributed by atoms with Gasteiger partial charge in [-0.15, -0.1) is 0 Å². The van der Waals surface area contributed by atoms with Gasteiger partial charge in [-0.25, -0.2) is 0 Å². The van der Waals surface area contributed by atoms with Crippen molar-refractivity contribution in [1.29, 1.82) is 0 Å². The fourth-order valence-electron chi connectivity index (χ4n) is 3.65. The van der Waals surface area contributed by atoms with Crippen LogP contribution in [0.1, 0.15) is 59.3 Å². The van der Waals surface area contributed by atoms with Crippen LogP contribution in [0.2, 0.25) is 42.3 Å². The first-order chi connectivity index (χ1) is 10.7. The van der Waals surface area contributed by atoms with Crippen LogP contribution in [0.5, 0.6) is 0 Å². The maximum absolute atomic E-state index is 3.39. The van der Waals surface area contributed by atoms with Crippen molar-refractivity contribution in [2.24, 2.45) is 0 Å². The number of rotatable bonds is 16. The van der Waals surface area contributed by atoms with E-state index in [9.17, 15) is 0 Å². The molecule has 0 radical (unpaired) electrons. The average Bonchev–Trinajstić information content (AvgIpc) is 2.55. The summed E-state index contributed by atoms with van der Waals surface area (Å²) in [7, 11) is 2.06. The Morgan fingerprint density at radius 1 is 0.727 bits per heavy atom. The van der Waals surface area contributed by atoms with Crippen LogP contribution in [0.15, 0.2) is 0 Å². The van der Waals surface area contributed by atoms with Crippen molar-refractivity contribution in [2.45, 2.75) is 102 Å². The van der Waals surface area contributed by atoms with Crippen molar-refractivity contribution in [3.63, 3.8) is 0 Å². The van der Waals surface area contributed by atoms with Crippen molar-refractivity contribution in [3.8, 4) is 0 Å². The SMILES string of the molecule is CCCC[Si](CCCC)(CCCC)N([SiH2]CC[SiH3])[SiH2]CC[SiH3]. The van der Waals surface area contributed by atoms with E-state index >= 15 is 0 Å².